The van der Waals surface area contributed by atoms with Crippen LogP contribution in [0.4, 0.5) is 0 Å². The Labute approximate surface area is 91.9 Å². The van der Waals surface area contributed by atoms with Gasteiger partial charge < -0.3 is 10.0 Å². The molecule has 1 saturated heterocycles. The molecule has 0 bridgehead atoms. The highest BCUT2D eigenvalue weighted by molar-refractivity contribution is 5.69. The Hall–Kier alpha value is -0.610. The van der Waals surface area contributed by atoms with E-state index in [2.05, 4.69) is 30.7 Å². The molecule has 1 N–H and O–H groups in total. The summed E-state index contributed by atoms with van der Waals surface area (Å²) in [5.41, 5.74) is 0. The zero-order valence-electron chi connectivity index (χ0n) is 9.94. The van der Waals surface area contributed by atoms with Gasteiger partial charge >= 0.3 is 5.97 Å². The largest absolute Gasteiger partial charge is 0.480 e. The number of carbonyl (C=O) groups is 1. The molecule has 0 saturated carbocycles. The molecule has 88 valence electrons. The maximum absolute atomic E-state index is 10.7. The lowest BCUT2D eigenvalue weighted by Gasteiger charge is -2.26. The summed E-state index contributed by atoms with van der Waals surface area (Å²) >= 11 is 0. The topological polar surface area (TPSA) is 43.8 Å². The highest BCUT2D eigenvalue weighted by Gasteiger charge is 2.30. The van der Waals surface area contributed by atoms with Gasteiger partial charge in [0.1, 0.15) is 0 Å². The monoisotopic (exact) mass is 214 g/mol. The van der Waals surface area contributed by atoms with Gasteiger partial charge in [-0.3, -0.25) is 9.69 Å². The second-order valence-electron chi connectivity index (χ2n) is 4.54. The third-order valence-electron chi connectivity index (χ3n) is 3.23. The highest BCUT2D eigenvalue weighted by atomic mass is 16.4. The predicted molar refractivity (Wildman–Crippen MR) is 60.0 cm³/mol. The molecule has 1 heterocycles. The SMILES string of the molecule is CCCN(CC(=O)O)C1CC(C)N(C)C1. The average molecular weight is 214 g/mol. The van der Waals surface area contributed by atoms with Crippen molar-refractivity contribution in [3.05, 3.63) is 0 Å². The highest BCUT2D eigenvalue weighted by Crippen LogP contribution is 2.20. The van der Waals surface area contributed by atoms with Gasteiger partial charge in [0, 0.05) is 18.6 Å². The second kappa shape index (κ2) is 5.47. The smallest absolute Gasteiger partial charge is 0.317 e. The number of likely N-dealkylation sites (N-methyl/N-ethyl adjacent to an activating group) is 1. The number of carboxylic acid groups (broad SMARTS) is 1. The fourth-order valence-electron chi connectivity index (χ4n) is 2.28. The summed E-state index contributed by atoms with van der Waals surface area (Å²) in [4.78, 5) is 15.1. The summed E-state index contributed by atoms with van der Waals surface area (Å²) in [6, 6.07) is 0.990. The van der Waals surface area contributed by atoms with Crippen molar-refractivity contribution in [1.29, 1.82) is 0 Å². The van der Waals surface area contributed by atoms with E-state index in [1.165, 1.54) is 0 Å². The quantitative estimate of drug-likeness (QED) is 0.737. The lowest BCUT2D eigenvalue weighted by molar-refractivity contribution is -0.138. The molecule has 0 aromatic carbocycles. The molecule has 1 fully saturated rings. The molecule has 4 nitrogen and oxygen atoms in total. The Morgan fingerprint density at radius 2 is 2.27 bits per heavy atom. The van der Waals surface area contributed by atoms with Gasteiger partial charge in [0.25, 0.3) is 0 Å². The second-order valence-corrected chi connectivity index (χ2v) is 4.54. The molecular weight excluding hydrogens is 192 g/mol. The first-order valence-corrected chi connectivity index (χ1v) is 5.70. The molecule has 0 amide bonds. The van der Waals surface area contributed by atoms with Crippen molar-refractivity contribution in [1.82, 2.24) is 9.80 Å². The maximum atomic E-state index is 10.7. The molecule has 0 radical (unpaired) electrons. The number of carboxylic acids is 1. The minimum absolute atomic E-state index is 0.180. The summed E-state index contributed by atoms with van der Waals surface area (Å²) in [6.07, 6.45) is 2.10. The van der Waals surface area contributed by atoms with E-state index in [4.69, 9.17) is 5.11 Å². The lowest BCUT2D eigenvalue weighted by atomic mass is 10.1. The van der Waals surface area contributed by atoms with Crippen molar-refractivity contribution in [3.63, 3.8) is 0 Å². The van der Waals surface area contributed by atoms with Crippen LogP contribution < -0.4 is 0 Å². The van der Waals surface area contributed by atoms with Crippen LogP contribution in [0.3, 0.4) is 0 Å². The average Bonchev–Trinajstić information content (AvgIpc) is 2.46. The van der Waals surface area contributed by atoms with Crippen LogP contribution in [0.1, 0.15) is 26.7 Å². The molecule has 2 unspecified atom stereocenters. The molecule has 1 aliphatic heterocycles. The standard InChI is InChI=1S/C11H22N2O2/c1-4-5-13(8-11(14)15)10-6-9(2)12(3)7-10/h9-10H,4-8H2,1-3H3,(H,14,15). The van der Waals surface area contributed by atoms with Crippen molar-refractivity contribution in [2.24, 2.45) is 0 Å². The summed E-state index contributed by atoms with van der Waals surface area (Å²) in [7, 11) is 2.11. The Balaban J connectivity index is 2.52. The van der Waals surface area contributed by atoms with Crippen molar-refractivity contribution < 1.29 is 9.90 Å². The molecule has 0 aromatic rings. The molecule has 0 aromatic heterocycles. The minimum Gasteiger partial charge on any atom is -0.480 e. The first-order valence-electron chi connectivity index (χ1n) is 5.70. The fraction of sp³-hybridized carbons (Fsp3) is 0.909. The van der Waals surface area contributed by atoms with E-state index in [0.717, 1.165) is 25.9 Å². The van der Waals surface area contributed by atoms with Gasteiger partial charge in [0.2, 0.25) is 0 Å². The Bertz CT molecular complexity index is 211. The summed E-state index contributed by atoms with van der Waals surface area (Å²) in [5.74, 6) is -0.717. The molecular formula is C11H22N2O2. The van der Waals surface area contributed by atoms with Gasteiger partial charge in [0.15, 0.2) is 0 Å². The molecule has 15 heavy (non-hydrogen) atoms. The van der Waals surface area contributed by atoms with Crippen molar-refractivity contribution >= 4 is 5.97 Å². The van der Waals surface area contributed by atoms with Gasteiger partial charge in [-0.25, -0.2) is 0 Å². The molecule has 1 rings (SSSR count). The van der Waals surface area contributed by atoms with E-state index < -0.39 is 5.97 Å². The number of nitrogens with zero attached hydrogens (tertiary/aromatic N) is 2. The van der Waals surface area contributed by atoms with E-state index in [-0.39, 0.29) is 6.54 Å². The predicted octanol–water partition coefficient (Wildman–Crippen LogP) is 0.876. The lowest BCUT2D eigenvalue weighted by Crippen LogP contribution is -2.40. The summed E-state index contributed by atoms with van der Waals surface area (Å²) < 4.78 is 0. The summed E-state index contributed by atoms with van der Waals surface area (Å²) in [6.45, 7) is 6.35. The molecule has 4 heteroatoms. The Morgan fingerprint density at radius 3 is 2.67 bits per heavy atom. The maximum Gasteiger partial charge on any atom is 0.317 e. The molecule has 2 atom stereocenters. The van der Waals surface area contributed by atoms with Gasteiger partial charge in [-0.1, -0.05) is 6.92 Å². The van der Waals surface area contributed by atoms with Gasteiger partial charge in [-0.05, 0) is 33.4 Å². The molecule has 0 aliphatic carbocycles. The van der Waals surface area contributed by atoms with Crippen LogP contribution in [0.2, 0.25) is 0 Å². The van der Waals surface area contributed by atoms with E-state index in [1.54, 1.807) is 0 Å². The molecule has 0 spiro atoms. The van der Waals surface area contributed by atoms with Crippen LogP contribution in [0, 0.1) is 0 Å². The van der Waals surface area contributed by atoms with Crippen molar-refractivity contribution in [2.75, 3.05) is 26.7 Å². The van der Waals surface area contributed by atoms with Crippen LogP contribution in [0.5, 0.6) is 0 Å². The number of hydrogen-bond acceptors (Lipinski definition) is 3. The van der Waals surface area contributed by atoms with E-state index >= 15 is 0 Å². The fourth-order valence-corrected chi connectivity index (χ4v) is 2.28. The van der Waals surface area contributed by atoms with Crippen LogP contribution >= 0.6 is 0 Å². The van der Waals surface area contributed by atoms with Crippen molar-refractivity contribution in [3.8, 4) is 0 Å². The van der Waals surface area contributed by atoms with Crippen LogP contribution in [-0.4, -0.2) is 59.6 Å². The third-order valence-corrected chi connectivity index (χ3v) is 3.23. The number of aliphatic carboxylic acids is 1. The van der Waals surface area contributed by atoms with Gasteiger partial charge in [-0.15, -0.1) is 0 Å². The number of likely N-dealkylation sites (tertiary alicyclic amines) is 1. The minimum atomic E-state index is -0.717. The van der Waals surface area contributed by atoms with E-state index in [1.807, 2.05) is 0 Å². The number of hydrogen-bond donors (Lipinski definition) is 1. The van der Waals surface area contributed by atoms with Crippen LogP contribution in [-0.2, 0) is 4.79 Å². The zero-order valence-corrected chi connectivity index (χ0v) is 9.94. The van der Waals surface area contributed by atoms with Gasteiger partial charge in [0.05, 0.1) is 6.54 Å². The zero-order chi connectivity index (χ0) is 11.4. The normalized spacial score (nSPS) is 27.5. The first-order chi connectivity index (χ1) is 7.04. The third kappa shape index (κ3) is 3.47. The summed E-state index contributed by atoms with van der Waals surface area (Å²) in [5, 5.41) is 8.85. The van der Waals surface area contributed by atoms with Crippen LogP contribution in [0.15, 0.2) is 0 Å². The number of rotatable bonds is 5. The Morgan fingerprint density at radius 1 is 1.60 bits per heavy atom. The van der Waals surface area contributed by atoms with Crippen LogP contribution in [0.25, 0.3) is 0 Å². The van der Waals surface area contributed by atoms with Gasteiger partial charge in [-0.2, -0.15) is 0 Å². The van der Waals surface area contributed by atoms with E-state index in [0.29, 0.717) is 12.1 Å². The Kier molecular flexibility index (Phi) is 4.54. The van der Waals surface area contributed by atoms with E-state index in [9.17, 15) is 4.79 Å². The van der Waals surface area contributed by atoms with Crippen molar-refractivity contribution in [2.45, 2.75) is 38.8 Å². The molecule has 1 aliphatic rings. The first kappa shape index (κ1) is 12.5.